The van der Waals surface area contributed by atoms with Crippen LogP contribution in [0.3, 0.4) is 0 Å². The van der Waals surface area contributed by atoms with Crippen molar-refractivity contribution in [3.05, 3.63) is 29.6 Å². The summed E-state index contributed by atoms with van der Waals surface area (Å²) in [5, 5.41) is 3.60. The molecule has 0 spiro atoms. The molecule has 4 heteroatoms. The highest BCUT2D eigenvalue weighted by Crippen LogP contribution is 2.48. The van der Waals surface area contributed by atoms with Crippen LogP contribution in [0.15, 0.2) is 18.3 Å². The van der Waals surface area contributed by atoms with E-state index in [9.17, 15) is 0 Å². The van der Waals surface area contributed by atoms with Crippen LogP contribution < -0.4 is 5.32 Å². The highest BCUT2D eigenvalue weighted by Gasteiger charge is 2.56. The third-order valence-corrected chi connectivity index (χ3v) is 5.47. The van der Waals surface area contributed by atoms with Crippen molar-refractivity contribution in [2.24, 2.45) is 0 Å². The highest BCUT2D eigenvalue weighted by atomic mass is 15.4. The second-order valence-corrected chi connectivity index (χ2v) is 7.51. The first-order chi connectivity index (χ1) is 10.5. The summed E-state index contributed by atoms with van der Waals surface area (Å²) in [6.45, 7) is 11.2. The molecule has 3 aliphatic heterocycles. The molecule has 2 bridgehead atoms. The van der Waals surface area contributed by atoms with E-state index in [-0.39, 0.29) is 5.54 Å². The molecule has 0 radical (unpaired) electrons. The summed E-state index contributed by atoms with van der Waals surface area (Å²) in [7, 11) is 0. The number of aromatic nitrogens is 2. The van der Waals surface area contributed by atoms with Gasteiger partial charge in [0.25, 0.3) is 0 Å². The van der Waals surface area contributed by atoms with Crippen LogP contribution >= 0.6 is 0 Å². The van der Waals surface area contributed by atoms with E-state index in [4.69, 9.17) is 4.98 Å². The second kappa shape index (κ2) is 4.80. The summed E-state index contributed by atoms with van der Waals surface area (Å²) in [4.78, 5) is 11.1. The maximum absolute atomic E-state index is 5.11. The van der Waals surface area contributed by atoms with E-state index in [0.717, 1.165) is 24.1 Å². The third-order valence-electron chi connectivity index (χ3n) is 5.47. The quantitative estimate of drug-likeness (QED) is 0.915. The molecule has 2 aromatic rings. The molecular formula is C18H26N4. The van der Waals surface area contributed by atoms with Gasteiger partial charge < -0.3 is 10.3 Å². The normalized spacial score (nSPS) is 28.5. The molecule has 2 unspecified atom stereocenters. The van der Waals surface area contributed by atoms with Crippen molar-refractivity contribution in [1.82, 2.24) is 20.2 Å². The van der Waals surface area contributed by atoms with E-state index in [0.29, 0.717) is 18.0 Å². The molecule has 2 atom stereocenters. The lowest BCUT2D eigenvalue weighted by molar-refractivity contribution is -0.127. The molecular weight excluding hydrogens is 272 g/mol. The van der Waals surface area contributed by atoms with E-state index >= 15 is 0 Å². The van der Waals surface area contributed by atoms with Gasteiger partial charge in [0.1, 0.15) is 0 Å². The fourth-order valence-corrected chi connectivity index (χ4v) is 4.57. The summed E-state index contributed by atoms with van der Waals surface area (Å²) in [5.41, 5.74) is 4.96. The van der Waals surface area contributed by atoms with Crippen molar-refractivity contribution < 1.29 is 0 Å². The smallest absolute Gasteiger partial charge is 0.0917 e. The Kier molecular flexibility index (Phi) is 3.10. The van der Waals surface area contributed by atoms with Gasteiger partial charge in [0.05, 0.1) is 22.3 Å². The van der Waals surface area contributed by atoms with Crippen LogP contribution in [0.4, 0.5) is 0 Å². The summed E-state index contributed by atoms with van der Waals surface area (Å²) >= 11 is 0. The van der Waals surface area contributed by atoms with Crippen LogP contribution in [-0.2, 0) is 5.54 Å². The molecule has 5 heterocycles. The first-order valence-corrected chi connectivity index (χ1v) is 8.50. The summed E-state index contributed by atoms with van der Waals surface area (Å²) < 4.78 is 0. The monoisotopic (exact) mass is 298 g/mol. The molecule has 0 amide bonds. The van der Waals surface area contributed by atoms with Crippen molar-refractivity contribution in [1.29, 1.82) is 0 Å². The van der Waals surface area contributed by atoms with Crippen LogP contribution in [0.25, 0.3) is 11.0 Å². The first-order valence-electron chi connectivity index (χ1n) is 8.50. The van der Waals surface area contributed by atoms with Crippen LogP contribution in [0, 0.1) is 0 Å². The Morgan fingerprint density at radius 1 is 1.27 bits per heavy atom. The maximum atomic E-state index is 5.11. The lowest BCUT2D eigenvalue weighted by Gasteiger charge is -2.63. The number of pyridine rings is 1. The molecule has 22 heavy (non-hydrogen) atoms. The summed E-state index contributed by atoms with van der Waals surface area (Å²) in [5.74, 6) is 0.494. The average Bonchev–Trinajstić information content (AvgIpc) is 2.89. The van der Waals surface area contributed by atoms with Crippen LogP contribution in [0.2, 0.25) is 0 Å². The van der Waals surface area contributed by atoms with Crippen molar-refractivity contribution in [2.75, 3.05) is 13.1 Å². The number of nitrogens with zero attached hydrogens (tertiary/aromatic N) is 2. The van der Waals surface area contributed by atoms with Gasteiger partial charge in [-0.25, -0.2) is 4.98 Å². The summed E-state index contributed by atoms with van der Waals surface area (Å²) in [6.07, 6.45) is 3.35. The van der Waals surface area contributed by atoms with Crippen molar-refractivity contribution in [3.63, 3.8) is 0 Å². The van der Waals surface area contributed by atoms with E-state index in [2.05, 4.69) is 61.2 Å². The van der Waals surface area contributed by atoms with E-state index in [1.807, 2.05) is 0 Å². The molecule has 118 valence electrons. The van der Waals surface area contributed by atoms with Gasteiger partial charge in [0.15, 0.2) is 0 Å². The molecule has 0 saturated carbocycles. The number of piperidine rings is 1. The number of fused-ring (bicyclic) bond motifs is 3. The van der Waals surface area contributed by atoms with Crippen LogP contribution in [-0.4, -0.2) is 40.0 Å². The molecule has 2 aromatic heterocycles. The molecule has 3 saturated heterocycles. The zero-order chi connectivity index (χ0) is 15.5. The number of aromatic amines is 1. The minimum Gasteiger partial charge on any atom is -0.360 e. The Balaban J connectivity index is 1.81. The van der Waals surface area contributed by atoms with Gasteiger partial charge in [-0.2, -0.15) is 0 Å². The van der Waals surface area contributed by atoms with Crippen LogP contribution in [0.5, 0.6) is 0 Å². The van der Waals surface area contributed by atoms with E-state index in [1.54, 1.807) is 0 Å². The zero-order valence-corrected chi connectivity index (χ0v) is 14.0. The predicted molar refractivity (Wildman–Crippen MR) is 90.1 cm³/mol. The standard InChI is InChI=1S/C18H26N4/c1-11(2)14-9-20-15-5-6-16(21-17(14)15)18-7-13(8-19-10-18)22(18)12(3)4/h5-6,9,11-13,19-20H,7-8,10H2,1-4H3. The minimum absolute atomic E-state index is 0.0940. The predicted octanol–water partition coefficient (Wildman–Crippen LogP) is 2.97. The van der Waals surface area contributed by atoms with Gasteiger partial charge in [-0.1, -0.05) is 13.8 Å². The van der Waals surface area contributed by atoms with Crippen molar-refractivity contribution >= 4 is 11.0 Å². The van der Waals surface area contributed by atoms with Crippen molar-refractivity contribution in [3.8, 4) is 0 Å². The number of nitrogens with one attached hydrogen (secondary N) is 2. The minimum atomic E-state index is 0.0940. The Morgan fingerprint density at radius 2 is 2.09 bits per heavy atom. The number of rotatable bonds is 3. The number of hydrogen-bond donors (Lipinski definition) is 2. The molecule has 0 aromatic carbocycles. The largest absolute Gasteiger partial charge is 0.360 e. The number of H-pyrrole nitrogens is 1. The first kappa shape index (κ1) is 14.2. The van der Waals surface area contributed by atoms with Crippen molar-refractivity contribution in [2.45, 2.75) is 57.7 Å². The Bertz CT molecular complexity index is 698. The topological polar surface area (TPSA) is 44.0 Å². The Hall–Kier alpha value is -1.39. The van der Waals surface area contributed by atoms with Gasteiger partial charge in [0.2, 0.25) is 0 Å². The number of hydrogen-bond acceptors (Lipinski definition) is 3. The van der Waals surface area contributed by atoms with Gasteiger partial charge in [-0.15, -0.1) is 0 Å². The molecule has 5 rings (SSSR count). The van der Waals surface area contributed by atoms with E-state index in [1.165, 1.54) is 17.7 Å². The SMILES string of the molecule is CC(C)c1c[nH]c2ccc(C34CNCC(C3)N4C(C)C)nc12. The Labute approximate surface area is 132 Å². The van der Waals surface area contributed by atoms with Gasteiger partial charge in [0, 0.05) is 31.4 Å². The molecule has 3 aliphatic rings. The molecule has 0 aliphatic carbocycles. The molecule has 4 nitrogen and oxygen atoms in total. The second-order valence-electron chi connectivity index (χ2n) is 7.51. The fourth-order valence-electron chi connectivity index (χ4n) is 4.57. The van der Waals surface area contributed by atoms with Crippen LogP contribution in [0.1, 0.15) is 51.3 Å². The lowest BCUT2D eigenvalue weighted by atomic mass is 9.71. The van der Waals surface area contributed by atoms with E-state index < -0.39 is 0 Å². The third kappa shape index (κ3) is 1.80. The molecule has 2 N–H and O–H groups in total. The summed E-state index contributed by atoms with van der Waals surface area (Å²) in [6, 6.07) is 5.66. The Morgan fingerprint density at radius 3 is 2.77 bits per heavy atom. The number of piperazine rings is 1. The average molecular weight is 298 g/mol. The fraction of sp³-hybridized carbons (Fsp3) is 0.611. The lowest BCUT2D eigenvalue weighted by Crippen LogP contribution is -2.75. The van der Waals surface area contributed by atoms with Gasteiger partial charge >= 0.3 is 0 Å². The van der Waals surface area contributed by atoms with Gasteiger partial charge in [-0.05, 0) is 43.9 Å². The highest BCUT2D eigenvalue weighted by molar-refractivity contribution is 5.79. The van der Waals surface area contributed by atoms with Gasteiger partial charge in [-0.3, -0.25) is 4.90 Å². The maximum Gasteiger partial charge on any atom is 0.0917 e. The molecule has 3 fully saturated rings. The zero-order valence-electron chi connectivity index (χ0n) is 14.0.